The summed E-state index contributed by atoms with van der Waals surface area (Å²) in [5, 5.41) is 2.15. The molecule has 1 aliphatic heterocycles. The summed E-state index contributed by atoms with van der Waals surface area (Å²) in [6.45, 7) is 3.13. The molecule has 1 aliphatic rings. The van der Waals surface area contributed by atoms with Gasteiger partial charge < -0.3 is 10.1 Å². The molecule has 2 aromatic carbocycles. The molecule has 0 radical (unpaired) electrons. The number of carbonyl (C=O) groups is 4. The van der Waals surface area contributed by atoms with E-state index in [1.54, 1.807) is 18.2 Å². The number of nitrogens with zero attached hydrogens (tertiary/aromatic N) is 1. The average Bonchev–Trinajstić information content (AvgIpc) is 2.94. The molecule has 0 aliphatic carbocycles. The zero-order valence-electron chi connectivity index (χ0n) is 16.9. The maximum Gasteiger partial charge on any atom is 0.306 e. The predicted octanol–water partition coefficient (Wildman–Crippen LogP) is 3.22. The van der Waals surface area contributed by atoms with Gasteiger partial charge in [0.15, 0.2) is 6.10 Å². The van der Waals surface area contributed by atoms with Gasteiger partial charge >= 0.3 is 5.97 Å². The maximum absolute atomic E-state index is 13.6. The van der Waals surface area contributed by atoms with Crippen LogP contribution in [-0.4, -0.2) is 41.2 Å². The van der Waals surface area contributed by atoms with E-state index in [0.29, 0.717) is 11.1 Å². The number of hydrogen-bond donors (Lipinski definition) is 1. The van der Waals surface area contributed by atoms with Crippen molar-refractivity contribution in [2.24, 2.45) is 0 Å². The molecule has 1 atom stereocenters. The number of anilines is 1. The lowest BCUT2D eigenvalue weighted by Gasteiger charge is -2.15. The van der Waals surface area contributed by atoms with Crippen LogP contribution >= 0.6 is 0 Å². The standard InChI is InChI=1S/C22H20F2N2O5/c1-12-5-7-15-16(10-12)22(30)26(21(15)29)9-3-4-19(27)31-13(2)20(28)25-18-11-14(23)6-8-17(18)24/h5-8,10-11,13H,3-4,9H2,1-2H3,(H,25,28). The maximum atomic E-state index is 13.6. The molecule has 1 unspecified atom stereocenters. The normalized spacial score (nSPS) is 13.7. The van der Waals surface area contributed by atoms with E-state index in [1.165, 1.54) is 6.92 Å². The van der Waals surface area contributed by atoms with Gasteiger partial charge in [0.05, 0.1) is 16.8 Å². The lowest BCUT2D eigenvalue weighted by Crippen LogP contribution is -2.32. The van der Waals surface area contributed by atoms with Crippen LogP contribution < -0.4 is 5.32 Å². The Balaban J connectivity index is 1.48. The molecule has 0 fully saturated rings. The molecule has 0 spiro atoms. The Kier molecular flexibility index (Phi) is 6.43. The van der Waals surface area contributed by atoms with Crippen molar-refractivity contribution in [2.75, 3.05) is 11.9 Å². The van der Waals surface area contributed by atoms with E-state index < -0.39 is 41.4 Å². The van der Waals surface area contributed by atoms with Crippen LogP contribution in [0.2, 0.25) is 0 Å². The van der Waals surface area contributed by atoms with E-state index >= 15 is 0 Å². The molecule has 7 nitrogen and oxygen atoms in total. The molecule has 0 saturated heterocycles. The fourth-order valence-electron chi connectivity index (χ4n) is 3.13. The summed E-state index contributed by atoms with van der Waals surface area (Å²) in [7, 11) is 0. The minimum absolute atomic E-state index is 0.0234. The van der Waals surface area contributed by atoms with E-state index in [2.05, 4.69) is 5.32 Å². The molecule has 0 saturated carbocycles. The first-order valence-corrected chi connectivity index (χ1v) is 9.59. The highest BCUT2D eigenvalue weighted by Crippen LogP contribution is 2.24. The molecular formula is C22H20F2N2O5. The Morgan fingerprint density at radius 3 is 2.52 bits per heavy atom. The van der Waals surface area contributed by atoms with Crippen LogP contribution in [0.1, 0.15) is 46.0 Å². The van der Waals surface area contributed by atoms with Crippen molar-refractivity contribution in [3.05, 3.63) is 64.7 Å². The van der Waals surface area contributed by atoms with Gasteiger partial charge in [-0.25, -0.2) is 8.78 Å². The number of benzene rings is 2. The number of carbonyl (C=O) groups excluding carboxylic acids is 4. The van der Waals surface area contributed by atoms with E-state index in [0.717, 1.165) is 28.7 Å². The van der Waals surface area contributed by atoms with Crippen molar-refractivity contribution < 1.29 is 32.7 Å². The van der Waals surface area contributed by atoms with Crippen molar-refractivity contribution >= 4 is 29.4 Å². The lowest BCUT2D eigenvalue weighted by molar-refractivity contribution is -0.153. The summed E-state index contributed by atoms with van der Waals surface area (Å²) in [6.07, 6.45) is -1.24. The Morgan fingerprint density at radius 1 is 1.06 bits per heavy atom. The van der Waals surface area contributed by atoms with Crippen molar-refractivity contribution in [1.29, 1.82) is 0 Å². The highest BCUT2D eigenvalue weighted by atomic mass is 19.1. The molecular weight excluding hydrogens is 410 g/mol. The second-order valence-electron chi connectivity index (χ2n) is 7.16. The number of imide groups is 1. The number of halogens is 2. The van der Waals surface area contributed by atoms with Crippen LogP contribution in [0.5, 0.6) is 0 Å². The van der Waals surface area contributed by atoms with Crippen LogP contribution in [0.3, 0.4) is 0 Å². The summed E-state index contributed by atoms with van der Waals surface area (Å²) >= 11 is 0. The topological polar surface area (TPSA) is 92.8 Å². The van der Waals surface area contributed by atoms with E-state index in [1.807, 2.05) is 6.92 Å². The summed E-state index contributed by atoms with van der Waals surface area (Å²) < 4.78 is 31.8. The zero-order chi connectivity index (χ0) is 22.7. The van der Waals surface area contributed by atoms with Gasteiger partial charge in [-0.3, -0.25) is 24.1 Å². The largest absolute Gasteiger partial charge is 0.453 e. The quantitative estimate of drug-likeness (QED) is 0.538. The minimum atomic E-state index is -1.25. The average molecular weight is 430 g/mol. The van der Waals surface area contributed by atoms with Crippen LogP contribution in [-0.2, 0) is 14.3 Å². The van der Waals surface area contributed by atoms with Crippen molar-refractivity contribution in [3.63, 3.8) is 0 Å². The fraction of sp³-hybridized carbons (Fsp3) is 0.273. The van der Waals surface area contributed by atoms with Crippen LogP contribution in [0.25, 0.3) is 0 Å². The first-order valence-electron chi connectivity index (χ1n) is 9.59. The first-order chi connectivity index (χ1) is 14.7. The predicted molar refractivity (Wildman–Crippen MR) is 106 cm³/mol. The zero-order valence-corrected chi connectivity index (χ0v) is 16.9. The highest BCUT2D eigenvalue weighted by molar-refractivity contribution is 6.21. The smallest absolute Gasteiger partial charge is 0.306 e. The van der Waals surface area contributed by atoms with Gasteiger partial charge in [0.2, 0.25) is 0 Å². The number of esters is 1. The van der Waals surface area contributed by atoms with Gasteiger partial charge in [-0.1, -0.05) is 11.6 Å². The van der Waals surface area contributed by atoms with E-state index in [9.17, 15) is 28.0 Å². The van der Waals surface area contributed by atoms with Crippen molar-refractivity contribution in [3.8, 4) is 0 Å². The second kappa shape index (κ2) is 9.03. The Morgan fingerprint density at radius 2 is 1.77 bits per heavy atom. The third kappa shape index (κ3) is 4.93. The summed E-state index contributed by atoms with van der Waals surface area (Å²) in [4.78, 5) is 49.9. The monoisotopic (exact) mass is 430 g/mol. The first kappa shape index (κ1) is 22.1. The molecule has 0 aromatic heterocycles. The van der Waals surface area contributed by atoms with Crippen molar-refractivity contribution in [1.82, 2.24) is 4.90 Å². The highest BCUT2D eigenvalue weighted by Gasteiger charge is 2.35. The number of hydrogen-bond acceptors (Lipinski definition) is 5. The molecule has 1 N–H and O–H groups in total. The van der Waals surface area contributed by atoms with Gasteiger partial charge in [0, 0.05) is 19.0 Å². The minimum Gasteiger partial charge on any atom is -0.453 e. The van der Waals surface area contributed by atoms with Gasteiger partial charge in [-0.2, -0.15) is 0 Å². The van der Waals surface area contributed by atoms with Gasteiger partial charge in [-0.15, -0.1) is 0 Å². The number of fused-ring (bicyclic) bond motifs is 1. The van der Waals surface area contributed by atoms with Gasteiger partial charge in [0.25, 0.3) is 17.7 Å². The van der Waals surface area contributed by atoms with Crippen LogP contribution in [0.15, 0.2) is 36.4 Å². The number of amides is 3. The van der Waals surface area contributed by atoms with Gasteiger partial charge in [0.1, 0.15) is 11.6 Å². The van der Waals surface area contributed by atoms with Gasteiger partial charge in [-0.05, 0) is 44.5 Å². The van der Waals surface area contributed by atoms with Crippen LogP contribution in [0, 0.1) is 18.6 Å². The summed E-state index contributed by atoms with van der Waals surface area (Å²) in [5.41, 5.74) is 1.15. The summed E-state index contributed by atoms with van der Waals surface area (Å²) in [5.74, 6) is -3.95. The molecule has 9 heteroatoms. The second-order valence-corrected chi connectivity index (χ2v) is 7.16. The number of nitrogens with one attached hydrogen (secondary N) is 1. The Labute approximate surface area is 177 Å². The third-order valence-corrected chi connectivity index (χ3v) is 4.75. The molecule has 3 amide bonds. The molecule has 31 heavy (non-hydrogen) atoms. The van der Waals surface area contributed by atoms with Crippen LogP contribution in [0.4, 0.5) is 14.5 Å². The molecule has 162 valence electrons. The molecule has 1 heterocycles. The lowest BCUT2D eigenvalue weighted by atomic mass is 10.1. The molecule has 0 bridgehead atoms. The van der Waals surface area contributed by atoms with E-state index in [-0.39, 0.29) is 25.1 Å². The SMILES string of the molecule is Cc1ccc2c(c1)C(=O)N(CCCC(=O)OC(C)C(=O)Nc1cc(F)ccc1F)C2=O. The Hall–Kier alpha value is -3.62. The van der Waals surface area contributed by atoms with E-state index in [4.69, 9.17) is 4.74 Å². The third-order valence-electron chi connectivity index (χ3n) is 4.75. The van der Waals surface area contributed by atoms with Crippen molar-refractivity contribution in [2.45, 2.75) is 32.8 Å². The number of ether oxygens (including phenoxy) is 1. The Bertz CT molecular complexity index is 1070. The number of aryl methyl sites for hydroxylation is 1. The molecule has 3 rings (SSSR count). The fourth-order valence-corrected chi connectivity index (χ4v) is 3.13. The summed E-state index contributed by atoms with van der Waals surface area (Å²) in [6, 6.07) is 7.57. The number of rotatable bonds is 7. The molecule has 2 aromatic rings.